The van der Waals surface area contributed by atoms with Crippen LogP contribution in [0, 0.1) is 10.1 Å². The van der Waals surface area contributed by atoms with Gasteiger partial charge in [0.1, 0.15) is 0 Å². The first-order chi connectivity index (χ1) is 6.11. The molecular weight excluding hydrogens is 210 g/mol. The van der Waals surface area contributed by atoms with Crippen LogP contribution in [-0.4, -0.2) is 10.4 Å². The fraction of sp³-hybridized carbons (Fsp3) is 0.125. The zero-order valence-electron chi connectivity index (χ0n) is 6.27. The molecule has 0 saturated carbocycles. The van der Waals surface area contributed by atoms with Gasteiger partial charge in [-0.2, -0.15) is 0 Å². The third-order valence-electron chi connectivity index (χ3n) is 1.25. The molecule has 1 aromatic rings. The number of nitro groups is 1. The van der Waals surface area contributed by atoms with Crippen molar-refractivity contribution in [2.24, 2.45) is 0 Å². The van der Waals surface area contributed by atoms with Crippen LogP contribution in [0.25, 0.3) is 0 Å². The molecule has 0 N–H and O–H groups in total. The van der Waals surface area contributed by atoms with Crippen LogP contribution in [0.5, 0.6) is 5.75 Å². The predicted octanol–water partition coefficient (Wildman–Crippen LogP) is 2.97. The van der Waals surface area contributed by atoms with Gasteiger partial charge in [0.15, 0.2) is 0 Å². The number of ether oxygens (including phenoxy) is 1. The molecule has 5 nitrogen and oxygen atoms in total. The summed E-state index contributed by atoms with van der Waals surface area (Å²) in [4.78, 5) is 20.0. The van der Waals surface area contributed by atoms with Crippen molar-refractivity contribution < 1.29 is 14.5 Å². The Morgan fingerprint density at radius 2 is 2.00 bits per heavy atom. The molecule has 1 aromatic carbocycles. The Morgan fingerprint density at radius 1 is 1.43 bits per heavy atom. The Labute approximate surface area is 85.4 Å². The van der Waals surface area contributed by atoms with E-state index < -0.39 is 10.4 Å². The zero-order valence-corrected chi connectivity index (χ0v) is 7.02. The van der Waals surface area contributed by atoms with Gasteiger partial charge in [-0.3, -0.25) is 10.1 Å². The second kappa shape index (κ2) is 5.18. The number of para-hydroxylation sites is 2. The highest BCUT2D eigenvalue weighted by Crippen LogP contribution is 2.26. The second-order valence-electron chi connectivity index (χ2n) is 2.06. The number of benzene rings is 1. The van der Waals surface area contributed by atoms with E-state index in [9.17, 15) is 14.9 Å². The fourth-order valence-electron chi connectivity index (χ4n) is 0.781. The van der Waals surface area contributed by atoms with Gasteiger partial charge in [-0.25, -0.2) is 4.79 Å². The molecule has 1 rings (SSSR count). The number of nitrogens with zero attached hydrogens (tertiary/aromatic N) is 1. The van der Waals surface area contributed by atoms with Crippen molar-refractivity contribution in [3.05, 3.63) is 34.4 Å². The Balaban J connectivity index is 0.00000169. The van der Waals surface area contributed by atoms with E-state index in [1.165, 1.54) is 24.3 Å². The van der Waals surface area contributed by atoms with Crippen LogP contribution in [0.4, 0.5) is 10.5 Å². The number of carbonyl (C=O) groups is 1. The highest BCUT2D eigenvalue weighted by atomic mass is 35.5. The largest absolute Gasteiger partial charge is 0.409 e. The van der Waals surface area contributed by atoms with E-state index in [0.29, 0.717) is 0 Å². The standard InChI is InChI=1S/C7H4ClNO4.CH4/c8-7(10)13-6-4-2-1-3-5(6)9(11)12;/h1-4H;1H4. The number of hydrogen-bond acceptors (Lipinski definition) is 4. The molecule has 14 heavy (non-hydrogen) atoms. The van der Waals surface area contributed by atoms with Crippen molar-refractivity contribution in [1.29, 1.82) is 0 Å². The summed E-state index contributed by atoms with van der Waals surface area (Å²) in [6, 6.07) is 5.47. The molecule has 0 fully saturated rings. The lowest BCUT2D eigenvalue weighted by Gasteiger charge is -1.99. The Hall–Kier alpha value is -1.62. The highest BCUT2D eigenvalue weighted by molar-refractivity contribution is 6.61. The smallest absolute Gasteiger partial charge is 0.407 e. The number of nitro benzene ring substituents is 1. The topological polar surface area (TPSA) is 69.4 Å². The molecule has 0 aliphatic rings. The molecule has 0 spiro atoms. The van der Waals surface area contributed by atoms with Crippen molar-refractivity contribution in [2.75, 3.05) is 0 Å². The molecule has 0 heterocycles. The van der Waals surface area contributed by atoms with Gasteiger partial charge >= 0.3 is 11.1 Å². The first kappa shape index (κ1) is 12.4. The van der Waals surface area contributed by atoms with E-state index in [1.807, 2.05) is 0 Å². The molecule has 76 valence electrons. The summed E-state index contributed by atoms with van der Waals surface area (Å²) in [5, 5.41) is 10.4. The zero-order chi connectivity index (χ0) is 9.84. The Bertz CT molecular complexity index is 353. The maximum atomic E-state index is 10.4. The van der Waals surface area contributed by atoms with E-state index in [1.54, 1.807) is 0 Å². The van der Waals surface area contributed by atoms with E-state index in [4.69, 9.17) is 11.6 Å². The number of hydrogen-bond donors (Lipinski definition) is 0. The van der Waals surface area contributed by atoms with Gasteiger partial charge in [-0.05, 0) is 6.07 Å². The van der Waals surface area contributed by atoms with Crippen LogP contribution < -0.4 is 4.74 Å². The SMILES string of the molecule is C.O=C(Cl)Oc1ccccc1[N+](=O)[O-]. The number of rotatable bonds is 2. The van der Waals surface area contributed by atoms with Crippen molar-refractivity contribution in [3.63, 3.8) is 0 Å². The summed E-state index contributed by atoms with van der Waals surface area (Å²) in [6.07, 6.45) is 0. The lowest BCUT2D eigenvalue weighted by Crippen LogP contribution is -1.99. The average Bonchev–Trinajstić information content (AvgIpc) is 2.03. The highest BCUT2D eigenvalue weighted by Gasteiger charge is 2.15. The summed E-state index contributed by atoms with van der Waals surface area (Å²) < 4.78 is 4.39. The van der Waals surface area contributed by atoms with Gasteiger partial charge in [0.05, 0.1) is 4.92 Å². The fourth-order valence-corrected chi connectivity index (χ4v) is 0.864. The summed E-state index contributed by atoms with van der Waals surface area (Å²) >= 11 is 4.91. The molecule has 0 aliphatic carbocycles. The molecule has 0 aliphatic heterocycles. The first-order valence-corrected chi connectivity index (χ1v) is 3.60. The van der Waals surface area contributed by atoms with E-state index in [-0.39, 0.29) is 18.9 Å². The molecule has 0 atom stereocenters. The van der Waals surface area contributed by atoms with Gasteiger partial charge in [-0.1, -0.05) is 19.6 Å². The Morgan fingerprint density at radius 3 is 2.50 bits per heavy atom. The monoisotopic (exact) mass is 217 g/mol. The molecule has 6 heteroatoms. The van der Waals surface area contributed by atoms with Crippen LogP contribution in [-0.2, 0) is 0 Å². The van der Waals surface area contributed by atoms with Crippen LogP contribution in [0.1, 0.15) is 7.43 Å². The summed E-state index contributed by atoms with van der Waals surface area (Å²) in [7, 11) is 0. The molecule has 0 aromatic heterocycles. The summed E-state index contributed by atoms with van der Waals surface area (Å²) in [5.74, 6) is -0.160. The minimum absolute atomic E-state index is 0. The summed E-state index contributed by atoms with van der Waals surface area (Å²) in [5.41, 5.74) is -1.40. The normalized spacial score (nSPS) is 8.64. The molecule has 0 amide bonds. The predicted molar refractivity (Wildman–Crippen MR) is 51.7 cm³/mol. The maximum Gasteiger partial charge on any atom is 0.409 e. The average molecular weight is 218 g/mol. The van der Waals surface area contributed by atoms with Crippen molar-refractivity contribution >= 4 is 22.7 Å². The first-order valence-electron chi connectivity index (χ1n) is 3.22. The van der Waals surface area contributed by atoms with E-state index in [0.717, 1.165) is 0 Å². The van der Waals surface area contributed by atoms with Gasteiger partial charge in [-0.15, -0.1) is 0 Å². The second-order valence-corrected chi connectivity index (χ2v) is 2.37. The minimum atomic E-state index is -1.10. The van der Waals surface area contributed by atoms with Crippen molar-refractivity contribution in [1.82, 2.24) is 0 Å². The van der Waals surface area contributed by atoms with Gasteiger partial charge in [0.2, 0.25) is 5.75 Å². The Kier molecular flexibility index (Phi) is 4.58. The van der Waals surface area contributed by atoms with Crippen LogP contribution in [0.2, 0.25) is 0 Å². The molecule has 0 saturated heterocycles. The van der Waals surface area contributed by atoms with Crippen LogP contribution in [0.3, 0.4) is 0 Å². The minimum Gasteiger partial charge on any atom is -0.407 e. The van der Waals surface area contributed by atoms with Crippen molar-refractivity contribution in [3.8, 4) is 5.75 Å². The van der Waals surface area contributed by atoms with Gasteiger partial charge in [0, 0.05) is 17.7 Å². The van der Waals surface area contributed by atoms with Gasteiger partial charge < -0.3 is 4.74 Å². The van der Waals surface area contributed by atoms with Crippen LogP contribution in [0.15, 0.2) is 24.3 Å². The van der Waals surface area contributed by atoms with Gasteiger partial charge in [0.25, 0.3) is 0 Å². The van der Waals surface area contributed by atoms with Crippen molar-refractivity contribution in [2.45, 2.75) is 7.43 Å². The number of carbonyl (C=O) groups excluding carboxylic acids is 1. The molecular formula is C8H8ClNO4. The molecule has 0 radical (unpaired) electrons. The van der Waals surface area contributed by atoms with E-state index >= 15 is 0 Å². The number of halogens is 1. The third-order valence-corrected chi connectivity index (χ3v) is 1.33. The lowest BCUT2D eigenvalue weighted by molar-refractivity contribution is -0.385. The maximum absolute atomic E-state index is 10.4. The quantitative estimate of drug-likeness (QED) is 0.434. The summed E-state index contributed by atoms with van der Waals surface area (Å²) in [6.45, 7) is 0. The third kappa shape index (κ3) is 3.02. The lowest BCUT2D eigenvalue weighted by atomic mass is 10.3. The van der Waals surface area contributed by atoms with Crippen LogP contribution >= 0.6 is 11.6 Å². The molecule has 0 unspecified atom stereocenters. The van der Waals surface area contributed by atoms with E-state index in [2.05, 4.69) is 4.74 Å². The molecule has 0 bridgehead atoms.